The fraction of sp³-hybridized carbons (Fsp3) is 0.667. The Morgan fingerprint density at radius 2 is 0.565 bits per heavy atom. The molecule has 0 saturated carbocycles. The zero-order valence-electron chi connectivity index (χ0n) is 44.8. The number of allylic oxidation sites excluding steroid dienone is 18. The molecule has 0 radical (unpaired) electrons. The topological polar surface area (TPSA) is 78.9 Å². The van der Waals surface area contributed by atoms with E-state index in [1.165, 1.54) is 77.0 Å². The molecule has 0 saturated heterocycles. The second-order valence-electron chi connectivity index (χ2n) is 18.4. The first-order chi connectivity index (χ1) is 34.0. The van der Waals surface area contributed by atoms with Crippen molar-refractivity contribution in [2.45, 2.75) is 258 Å². The van der Waals surface area contributed by atoms with Crippen molar-refractivity contribution in [2.75, 3.05) is 13.2 Å². The lowest BCUT2D eigenvalue weighted by Crippen LogP contribution is -2.30. The Kier molecular flexibility index (Phi) is 53.4. The predicted molar refractivity (Wildman–Crippen MR) is 297 cm³/mol. The molecule has 6 nitrogen and oxygen atoms in total. The van der Waals surface area contributed by atoms with Crippen LogP contribution in [-0.4, -0.2) is 37.2 Å². The Morgan fingerprint density at radius 1 is 0.304 bits per heavy atom. The number of carbonyl (C=O) groups excluding carboxylic acids is 3. The van der Waals surface area contributed by atoms with Crippen LogP contribution in [-0.2, 0) is 28.6 Å². The third-order valence-corrected chi connectivity index (χ3v) is 11.7. The van der Waals surface area contributed by atoms with Crippen LogP contribution in [0.25, 0.3) is 0 Å². The summed E-state index contributed by atoms with van der Waals surface area (Å²) >= 11 is 0. The van der Waals surface area contributed by atoms with Gasteiger partial charge in [-0.3, -0.25) is 14.4 Å². The van der Waals surface area contributed by atoms with Crippen molar-refractivity contribution in [2.24, 2.45) is 0 Å². The molecule has 0 aliphatic heterocycles. The first kappa shape index (κ1) is 65.1. The monoisotopic (exact) mass is 957 g/mol. The molecular formula is C63H104O6. The van der Waals surface area contributed by atoms with E-state index in [1.807, 2.05) is 0 Å². The number of esters is 3. The van der Waals surface area contributed by atoms with Gasteiger partial charge in [0.1, 0.15) is 13.2 Å². The van der Waals surface area contributed by atoms with Gasteiger partial charge < -0.3 is 14.2 Å². The van der Waals surface area contributed by atoms with Gasteiger partial charge in [0, 0.05) is 19.3 Å². The fourth-order valence-corrected chi connectivity index (χ4v) is 7.54. The lowest BCUT2D eigenvalue weighted by atomic mass is 10.1. The summed E-state index contributed by atoms with van der Waals surface area (Å²) in [7, 11) is 0. The van der Waals surface area contributed by atoms with Crippen molar-refractivity contribution in [1.29, 1.82) is 0 Å². The molecule has 0 heterocycles. The fourth-order valence-electron chi connectivity index (χ4n) is 7.54. The van der Waals surface area contributed by atoms with Crippen molar-refractivity contribution < 1.29 is 28.6 Å². The summed E-state index contributed by atoms with van der Waals surface area (Å²) in [6.45, 7) is 6.37. The minimum absolute atomic E-state index is 0.0998. The second-order valence-corrected chi connectivity index (χ2v) is 18.4. The van der Waals surface area contributed by atoms with Crippen LogP contribution < -0.4 is 0 Å². The van der Waals surface area contributed by atoms with E-state index in [4.69, 9.17) is 14.2 Å². The summed E-state index contributed by atoms with van der Waals surface area (Å²) in [6, 6.07) is 0. The summed E-state index contributed by atoms with van der Waals surface area (Å²) in [5.41, 5.74) is 0. The summed E-state index contributed by atoms with van der Waals surface area (Å²) in [4.78, 5) is 38.2. The zero-order valence-corrected chi connectivity index (χ0v) is 44.8. The third kappa shape index (κ3) is 54.9. The number of unbranched alkanes of at least 4 members (excludes halogenated alkanes) is 21. The smallest absolute Gasteiger partial charge is 0.306 e. The summed E-state index contributed by atoms with van der Waals surface area (Å²) in [6.07, 6.45) is 76.4. The molecule has 0 spiro atoms. The van der Waals surface area contributed by atoms with Gasteiger partial charge in [-0.1, -0.05) is 220 Å². The molecule has 69 heavy (non-hydrogen) atoms. The lowest BCUT2D eigenvalue weighted by molar-refractivity contribution is -0.167. The average Bonchev–Trinajstić information content (AvgIpc) is 3.35. The van der Waals surface area contributed by atoms with E-state index in [0.717, 1.165) is 135 Å². The van der Waals surface area contributed by atoms with E-state index in [2.05, 4.69) is 130 Å². The molecule has 0 aromatic heterocycles. The van der Waals surface area contributed by atoms with Gasteiger partial charge in [0.05, 0.1) is 0 Å². The van der Waals surface area contributed by atoms with Gasteiger partial charge in [0.2, 0.25) is 0 Å². The third-order valence-electron chi connectivity index (χ3n) is 11.7. The number of hydrogen-bond donors (Lipinski definition) is 0. The minimum atomic E-state index is -0.806. The number of ether oxygens (including phenoxy) is 3. The Hall–Kier alpha value is -3.93. The molecule has 0 aliphatic carbocycles. The van der Waals surface area contributed by atoms with Crippen molar-refractivity contribution in [3.63, 3.8) is 0 Å². The van der Waals surface area contributed by atoms with Gasteiger partial charge in [-0.05, 0) is 122 Å². The predicted octanol–water partition coefficient (Wildman–Crippen LogP) is 19.1. The number of rotatable bonds is 50. The van der Waals surface area contributed by atoms with Gasteiger partial charge in [0.25, 0.3) is 0 Å². The SMILES string of the molecule is CC/C=C\C/C=C\C/C=C\C/C=C\CCCCCCC(=O)OC[C@H](COC(=O)CCCCCCCCC/C=C\CCCCCCCC)OC(=O)CCCCCC/C=C\C/C=C\C/C=C\C/C=C\CC. The maximum absolute atomic E-state index is 12.9. The molecule has 0 bridgehead atoms. The number of carbonyl (C=O) groups is 3. The second kappa shape index (κ2) is 56.7. The van der Waals surface area contributed by atoms with Crippen LogP contribution >= 0.6 is 0 Å². The minimum Gasteiger partial charge on any atom is -0.462 e. The first-order valence-electron chi connectivity index (χ1n) is 28.4. The molecule has 0 fully saturated rings. The highest BCUT2D eigenvalue weighted by Gasteiger charge is 2.19. The van der Waals surface area contributed by atoms with Crippen LogP contribution in [0.3, 0.4) is 0 Å². The maximum atomic E-state index is 12.9. The Bertz CT molecular complexity index is 1420. The zero-order chi connectivity index (χ0) is 50.0. The molecule has 392 valence electrons. The van der Waals surface area contributed by atoms with E-state index in [9.17, 15) is 14.4 Å². The molecule has 0 N–H and O–H groups in total. The van der Waals surface area contributed by atoms with Crippen LogP contribution in [0.2, 0.25) is 0 Å². The molecule has 0 rings (SSSR count). The average molecular weight is 958 g/mol. The van der Waals surface area contributed by atoms with Crippen molar-refractivity contribution in [3.8, 4) is 0 Å². The van der Waals surface area contributed by atoms with Crippen molar-refractivity contribution >= 4 is 17.9 Å². The Morgan fingerprint density at radius 3 is 0.899 bits per heavy atom. The molecule has 1 atom stereocenters. The van der Waals surface area contributed by atoms with Crippen LogP contribution in [0.15, 0.2) is 109 Å². The molecule has 0 unspecified atom stereocenters. The highest BCUT2D eigenvalue weighted by molar-refractivity contribution is 5.71. The molecular weight excluding hydrogens is 853 g/mol. The Balaban J connectivity index is 4.49. The van der Waals surface area contributed by atoms with E-state index in [-0.39, 0.29) is 31.1 Å². The lowest BCUT2D eigenvalue weighted by Gasteiger charge is -2.18. The molecule has 0 aliphatic rings. The molecule has 6 heteroatoms. The number of hydrogen-bond acceptors (Lipinski definition) is 6. The highest BCUT2D eigenvalue weighted by atomic mass is 16.6. The van der Waals surface area contributed by atoms with E-state index < -0.39 is 6.10 Å². The molecule has 0 aromatic carbocycles. The van der Waals surface area contributed by atoms with Crippen molar-refractivity contribution in [3.05, 3.63) is 109 Å². The van der Waals surface area contributed by atoms with E-state index >= 15 is 0 Å². The normalized spacial score (nSPS) is 12.9. The van der Waals surface area contributed by atoms with Gasteiger partial charge >= 0.3 is 17.9 Å². The van der Waals surface area contributed by atoms with Crippen molar-refractivity contribution in [1.82, 2.24) is 0 Å². The molecule has 0 aromatic rings. The highest BCUT2D eigenvalue weighted by Crippen LogP contribution is 2.14. The first-order valence-corrected chi connectivity index (χ1v) is 28.4. The van der Waals surface area contributed by atoms with Gasteiger partial charge in [-0.15, -0.1) is 0 Å². The van der Waals surface area contributed by atoms with E-state index in [0.29, 0.717) is 19.3 Å². The summed E-state index contributed by atoms with van der Waals surface area (Å²) in [5, 5.41) is 0. The van der Waals surface area contributed by atoms with Gasteiger partial charge in [-0.25, -0.2) is 0 Å². The van der Waals surface area contributed by atoms with Gasteiger partial charge in [-0.2, -0.15) is 0 Å². The van der Waals surface area contributed by atoms with Crippen LogP contribution in [0, 0.1) is 0 Å². The van der Waals surface area contributed by atoms with Crippen LogP contribution in [0.1, 0.15) is 252 Å². The van der Waals surface area contributed by atoms with E-state index in [1.54, 1.807) is 0 Å². The quantitative estimate of drug-likeness (QED) is 0.0262. The summed E-state index contributed by atoms with van der Waals surface area (Å²) < 4.78 is 16.8. The Labute approximate surface area is 425 Å². The molecule has 0 amide bonds. The maximum Gasteiger partial charge on any atom is 0.306 e. The largest absolute Gasteiger partial charge is 0.462 e. The van der Waals surface area contributed by atoms with Gasteiger partial charge in [0.15, 0.2) is 6.10 Å². The summed E-state index contributed by atoms with van der Waals surface area (Å²) in [5.74, 6) is -0.952. The van der Waals surface area contributed by atoms with Crippen LogP contribution in [0.4, 0.5) is 0 Å². The standard InChI is InChI=1S/C63H104O6/c1-4-7-10-13-16-19-22-25-28-31-34-37-40-43-46-49-52-55-61(64)67-58-60(69-63(66)57-54-51-48-45-42-39-36-33-30-27-24-21-18-15-12-9-6-3)59-68-62(65)56-53-50-47-44-41-38-35-32-29-26-23-20-17-14-11-8-5-2/h7,9-10,12,16,18-19,21,25-30,34,36-37,39,60H,4-6,8,11,13-15,17,20,22-24,31-33,35,38,40-59H2,1-3H3/b10-7-,12-9-,19-16-,21-18-,28-25-,29-26-,30-27-,37-34-,39-36-/t60-/m1/s1. The van der Waals surface area contributed by atoms with Crippen LogP contribution in [0.5, 0.6) is 0 Å².